The van der Waals surface area contributed by atoms with Gasteiger partial charge in [-0.05, 0) is 30.4 Å². The summed E-state index contributed by atoms with van der Waals surface area (Å²) >= 11 is 0. The second-order valence-corrected chi connectivity index (χ2v) is 7.51. The van der Waals surface area contributed by atoms with Crippen molar-refractivity contribution in [1.29, 1.82) is 0 Å². The van der Waals surface area contributed by atoms with E-state index in [0.29, 0.717) is 6.04 Å². The lowest BCUT2D eigenvalue weighted by Crippen LogP contribution is -2.52. The number of carbonyl (C=O) groups is 1. The van der Waals surface area contributed by atoms with Gasteiger partial charge >= 0.3 is 6.03 Å². The molecule has 1 unspecified atom stereocenters. The van der Waals surface area contributed by atoms with Crippen molar-refractivity contribution < 1.29 is 4.79 Å². The summed E-state index contributed by atoms with van der Waals surface area (Å²) < 4.78 is 0. The Hall–Kier alpha value is -1.55. The van der Waals surface area contributed by atoms with E-state index in [1.165, 1.54) is 5.56 Å². The average Bonchev–Trinajstić information content (AvgIpc) is 2.53. The Morgan fingerprint density at radius 1 is 1.17 bits per heavy atom. The van der Waals surface area contributed by atoms with Gasteiger partial charge in [0, 0.05) is 37.9 Å². The number of nitrogens with one attached hydrogen (secondary N) is 1. The monoisotopic (exact) mass is 317 g/mol. The fraction of sp³-hybridized carbons (Fsp3) is 0.632. The molecule has 4 heteroatoms. The molecule has 2 amide bonds. The van der Waals surface area contributed by atoms with E-state index in [1.54, 1.807) is 0 Å². The van der Waals surface area contributed by atoms with Crippen molar-refractivity contribution in [2.75, 3.05) is 31.5 Å². The Bertz CT molecular complexity index is 528. The molecule has 0 aliphatic carbocycles. The van der Waals surface area contributed by atoms with Gasteiger partial charge in [0.1, 0.15) is 0 Å². The minimum atomic E-state index is 0.0130. The van der Waals surface area contributed by atoms with Gasteiger partial charge in [0.05, 0.1) is 0 Å². The highest BCUT2D eigenvalue weighted by atomic mass is 16.2. The Labute approximate surface area is 140 Å². The zero-order valence-corrected chi connectivity index (χ0v) is 15.2. The van der Waals surface area contributed by atoms with Crippen molar-refractivity contribution in [3.63, 3.8) is 0 Å². The number of para-hydroxylation sites is 1. The highest BCUT2D eigenvalue weighted by Crippen LogP contribution is 2.29. The smallest absolute Gasteiger partial charge is 0.321 e. The number of hydrogen-bond donors (Lipinski definition) is 1. The molecule has 0 saturated carbocycles. The van der Waals surface area contributed by atoms with Crippen LogP contribution in [0.25, 0.3) is 0 Å². The molecule has 1 aromatic rings. The first kappa shape index (κ1) is 17.8. The van der Waals surface area contributed by atoms with E-state index in [2.05, 4.69) is 50.9 Å². The summed E-state index contributed by atoms with van der Waals surface area (Å²) in [5.74, 6) is 0. The molecule has 23 heavy (non-hydrogen) atoms. The van der Waals surface area contributed by atoms with Crippen LogP contribution in [-0.2, 0) is 5.41 Å². The number of urea groups is 1. The van der Waals surface area contributed by atoms with Gasteiger partial charge in [0.2, 0.25) is 0 Å². The van der Waals surface area contributed by atoms with Gasteiger partial charge in [-0.1, -0.05) is 45.9 Å². The molecule has 1 aliphatic heterocycles. The topological polar surface area (TPSA) is 35.6 Å². The fourth-order valence-corrected chi connectivity index (χ4v) is 3.06. The van der Waals surface area contributed by atoms with Crippen molar-refractivity contribution in [2.24, 2.45) is 0 Å². The molecule has 0 bridgehead atoms. The van der Waals surface area contributed by atoms with Crippen LogP contribution in [0.3, 0.4) is 0 Å². The molecule has 128 valence electrons. The molecule has 1 saturated heterocycles. The van der Waals surface area contributed by atoms with Crippen LogP contribution >= 0.6 is 0 Å². The third-order valence-corrected chi connectivity index (χ3v) is 4.79. The average molecular weight is 317 g/mol. The number of piperazine rings is 1. The number of hydrogen-bond acceptors (Lipinski definition) is 2. The SMILES string of the molecule is CCC(C)N1CCN(C(=O)Nc2ccccc2C(C)(C)C)CC1. The predicted molar refractivity (Wildman–Crippen MR) is 97.1 cm³/mol. The number of carbonyl (C=O) groups excluding carboxylic acids is 1. The fourth-order valence-electron chi connectivity index (χ4n) is 3.06. The minimum absolute atomic E-state index is 0.0130. The molecule has 1 heterocycles. The normalized spacial score (nSPS) is 17.9. The maximum atomic E-state index is 12.6. The molecule has 1 atom stereocenters. The summed E-state index contributed by atoms with van der Waals surface area (Å²) in [6.45, 7) is 14.5. The van der Waals surface area contributed by atoms with Crippen LogP contribution in [0.4, 0.5) is 10.5 Å². The Morgan fingerprint density at radius 3 is 2.35 bits per heavy atom. The molecule has 0 spiro atoms. The van der Waals surface area contributed by atoms with Gasteiger partial charge in [-0.25, -0.2) is 4.79 Å². The van der Waals surface area contributed by atoms with Crippen molar-refractivity contribution in [3.8, 4) is 0 Å². The summed E-state index contributed by atoms with van der Waals surface area (Å²) in [4.78, 5) is 17.0. The summed E-state index contributed by atoms with van der Waals surface area (Å²) in [6.07, 6.45) is 1.16. The number of anilines is 1. The van der Waals surface area contributed by atoms with Gasteiger partial charge in [-0.3, -0.25) is 4.90 Å². The van der Waals surface area contributed by atoms with Gasteiger partial charge in [-0.15, -0.1) is 0 Å². The largest absolute Gasteiger partial charge is 0.322 e. The lowest BCUT2D eigenvalue weighted by atomic mass is 9.86. The number of amides is 2. The van der Waals surface area contributed by atoms with Gasteiger partial charge in [0.15, 0.2) is 0 Å². The molecular weight excluding hydrogens is 286 g/mol. The lowest BCUT2D eigenvalue weighted by Gasteiger charge is -2.38. The first-order valence-corrected chi connectivity index (χ1v) is 8.72. The molecule has 0 radical (unpaired) electrons. The molecule has 1 fully saturated rings. The van der Waals surface area contributed by atoms with Gasteiger partial charge in [-0.2, -0.15) is 0 Å². The molecule has 1 aromatic carbocycles. The van der Waals surface area contributed by atoms with E-state index < -0.39 is 0 Å². The third-order valence-electron chi connectivity index (χ3n) is 4.79. The van der Waals surface area contributed by atoms with E-state index in [0.717, 1.165) is 38.3 Å². The number of rotatable bonds is 3. The Balaban J connectivity index is 1.99. The first-order valence-electron chi connectivity index (χ1n) is 8.72. The predicted octanol–water partition coefficient (Wildman–Crippen LogP) is 3.93. The van der Waals surface area contributed by atoms with Crippen molar-refractivity contribution in [2.45, 2.75) is 52.5 Å². The molecule has 1 N–H and O–H groups in total. The summed E-state index contributed by atoms with van der Waals surface area (Å²) in [5.41, 5.74) is 2.11. The van der Waals surface area contributed by atoms with Crippen LogP contribution in [0.5, 0.6) is 0 Å². The summed E-state index contributed by atoms with van der Waals surface area (Å²) in [6, 6.07) is 8.71. The van der Waals surface area contributed by atoms with E-state index in [9.17, 15) is 4.79 Å². The quantitative estimate of drug-likeness (QED) is 0.917. The minimum Gasteiger partial charge on any atom is -0.322 e. The highest BCUT2D eigenvalue weighted by Gasteiger charge is 2.25. The highest BCUT2D eigenvalue weighted by molar-refractivity contribution is 5.90. The Morgan fingerprint density at radius 2 is 1.78 bits per heavy atom. The zero-order valence-electron chi connectivity index (χ0n) is 15.2. The maximum Gasteiger partial charge on any atom is 0.321 e. The molecule has 2 rings (SSSR count). The van der Waals surface area contributed by atoms with E-state index in [1.807, 2.05) is 23.1 Å². The lowest BCUT2D eigenvalue weighted by molar-refractivity contribution is 0.117. The third kappa shape index (κ3) is 4.47. The maximum absolute atomic E-state index is 12.6. The summed E-state index contributed by atoms with van der Waals surface area (Å²) in [7, 11) is 0. The molecule has 1 aliphatic rings. The van der Waals surface area contributed by atoms with E-state index >= 15 is 0 Å². The van der Waals surface area contributed by atoms with Gasteiger partial charge < -0.3 is 10.2 Å². The van der Waals surface area contributed by atoms with Crippen molar-refractivity contribution >= 4 is 11.7 Å². The molecular formula is C19H31N3O. The number of benzene rings is 1. The molecule has 4 nitrogen and oxygen atoms in total. The van der Waals surface area contributed by atoms with Crippen LogP contribution in [0.15, 0.2) is 24.3 Å². The summed E-state index contributed by atoms with van der Waals surface area (Å²) in [5, 5.41) is 3.11. The van der Waals surface area contributed by atoms with Crippen LogP contribution in [0.1, 0.15) is 46.6 Å². The Kier molecular flexibility index (Phi) is 5.69. The number of nitrogens with zero attached hydrogens (tertiary/aromatic N) is 2. The first-order chi connectivity index (χ1) is 10.8. The van der Waals surface area contributed by atoms with Crippen LogP contribution in [0.2, 0.25) is 0 Å². The van der Waals surface area contributed by atoms with Crippen LogP contribution in [0, 0.1) is 0 Å². The van der Waals surface area contributed by atoms with Crippen LogP contribution < -0.4 is 5.32 Å². The second kappa shape index (κ2) is 7.35. The molecule has 0 aromatic heterocycles. The van der Waals surface area contributed by atoms with Crippen molar-refractivity contribution in [3.05, 3.63) is 29.8 Å². The second-order valence-electron chi connectivity index (χ2n) is 7.51. The van der Waals surface area contributed by atoms with Crippen LogP contribution in [-0.4, -0.2) is 48.1 Å². The zero-order chi connectivity index (χ0) is 17.0. The van der Waals surface area contributed by atoms with Gasteiger partial charge in [0.25, 0.3) is 0 Å². The standard InChI is InChI=1S/C19H31N3O/c1-6-15(2)21-11-13-22(14-12-21)18(23)20-17-10-8-7-9-16(17)19(3,4)5/h7-10,15H,6,11-14H2,1-5H3,(H,20,23). The van der Waals surface area contributed by atoms with E-state index in [4.69, 9.17) is 0 Å². The van der Waals surface area contributed by atoms with Crippen molar-refractivity contribution in [1.82, 2.24) is 9.80 Å². The van der Waals surface area contributed by atoms with E-state index in [-0.39, 0.29) is 11.4 Å².